The van der Waals surface area contributed by atoms with E-state index in [4.69, 9.17) is 0 Å². The molecule has 7 aromatic carbocycles. The van der Waals surface area contributed by atoms with Gasteiger partial charge in [0, 0.05) is 48.5 Å². The first kappa shape index (κ1) is 37.0. The second-order valence-corrected chi connectivity index (χ2v) is 14.3. The quantitative estimate of drug-likeness (QED) is 0.0671. The summed E-state index contributed by atoms with van der Waals surface area (Å²) in [6.45, 7) is 6.29. The van der Waals surface area contributed by atoms with Crippen molar-refractivity contribution in [3.05, 3.63) is 267 Å². The molecule has 8 aromatic rings. The molecule has 0 saturated heterocycles. The predicted octanol–water partition coefficient (Wildman–Crippen LogP) is 12.0. The fourth-order valence-electron chi connectivity index (χ4n) is 8.82. The van der Waals surface area contributed by atoms with Crippen molar-refractivity contribution in [3.8, 4) is 5.69 Å². The van der Waals surface area contributed by atoms with Crippen molar-refractivity contribution in [3.63, 3.8) is 0 Å². The van der Waals surface area contributed by atoms with Gasteiger partial charge in [-0.25, -0.2) is 0 Å². The summed E-state index contributed by atoms with van der Waals surface area (Å²) in [6.07, 6.45) is 2.12. The zero-order valence-electron chi connectivity index (χ0n) is 32.3. The second kappa shape index (κ2) is 16.0. The van der Waals surface area contributed by atoms with Crippen molar-refractivity contribution in [1.82, 2.24) is 4.57 Å². The maximum atomic E-state index is 11.8. The van der Waals surface area contributed by atoms with Gasteiger partial charge in [-0.1, -0.05) is 158 Å². The Morgan fingerprint density at radius 1 is 0.456 bits per heavy atom. The fraction of sp³-hybridized carbons (Fsp3) is 0.115. The number of nitro groups is 1. The van der Waals surface area contributed by atoms with Crippen LogP contribution in [0.2, 0.25) is 0 Å². The van der Waals surface area contributed by atoms with Crippen LogP contribution in [0.15, 0.2) is 212 Å². The largest absolute Gasteiger partial charge is 0.372 e. The van der Waals surface area contributed by atoms with Crippen LogP contribution in [0.1, 0.15) is 58.5 Å². The molecule has 0 spiro atoms. The van der Waals surface area contributed by atoms with E-state index in [2.05, 4.69) is 199 Å². The summed E-state index contributed by atoms with van der Waals surface area (Å²) in [5.41, 5.74) is 9.66. The molecule has 0 amide bonds. The Balaban J connectivity index is 1.34. The highest BCUT2D eigenvalue weighted by Gasteiger charge is 2.42. The molecular formula is C52H45N3O2. The Hall–Kier alpha value is -6.98. The average molecular weight is 744 g/mol. The topological polar surface area (TPSA) is 51.3 Å². The monoisotopic (exact) mass is 743 g/mol. The molecule has 5 nitrogen and oxygen atoms in total. The smallest absolute Gasteiger partial charge is 0.269 e. The molecule has 8 rings (SSSR count). The molecule has 0 unspecified atom stereocenters. The molecule has 5 heteroatoms. The molecule has 0 aliphatic heterocycles. The lowest BCUT2D eigenvalue weighted by atomic mass is 9.65. The Kier molecular flexibility index (Phi) is 10.4. The number of nitro benzene ring substituents is 1. The fourth-order valence-corrected chi connectivity index (χ4v) is 8.82. The minimum atomic E-state index is -0.801. The molecule has 0 radical (unpaired) electrons. The third-order valence-electron chi connectivity index (χ3n) is 11.5. The summed E-state index contributed by atoms with van der Waals surface area (Å²) < 4.78 is 2.26. The number of benzene rings is 7. The van der Waals surface area contributed by atoms with Crippen LogP contribution in [0.3, 0.4) is 0 Å². The molecular weight excluding hydrogens is 699 g/mol. The molecule has 0 fully saturated rings. The summed E-state index contributed by atoms with van der Waals surface area (Å²) in [5.74, 6) is 0. The summed E-state index contributed by atoms with van der Waals surface area (Å²) in [5, 5.41) is 11.8. The van der Waals surface area contributed by atoms with E-state index in [1.165, 1.54) is 22.4 Å². The normalized spacial score (nSPS) is 11.6. The number of rotatable bonds is 13. The van der Waals surface area contributed by atoms with Gasteiger partial charge in [-0.3, -0.25) is 10.1 Å². The molecule has 0 bridgehead atoms. The van der Waals surface area contributed by atoms with Gasteiger partial charge in [0.25, 0.3) is 5.69 Å². The molecule has 57 heavy (non-hydrogen) atoms. The van der Waals surface area contributed by atoms with Gasteiger partial charge in [-0.15, -0.1) is 0 Å². The van der Waals surface area contributed by atoms with Crippen molar-refractivity contribution in [2.45, 2.75) is 24.7 Å². The molecule has 0 atom stereocenters. The van der Waals surface area contributed by atoms with Crippen molar-refractivity contribution in [1.29, 1.82) is 0 Å². The van der Waals surface area contributed by atoms with Crippen molar-refractivity contribution in [2.24, 2.45) is 0 Å². The van der Waals surface area contributed by atoms with Crippen molar-refractivity contribution >= 4 is 11.4 Å². The molecule has 0 saturated carbocycles. The maximum absolute atomic E-state index is 11.8. The zero-order valence-corrected chi connectivity index (χ0v) is 32.3. The van der Waals surface area contributed by atoms with E-state index in [1.54, 1.807) is 12.1 Å². The molecule has 1 heterocycles. The van der Waals surface area contributed by atoms with Crippen molar-refractivity contribution in [2.75, 3.05) is 18.0 Å². The number of hydrogen-bond acceptors (Lipinski definition) is 3. The van der Waals surface area contributed by atoms with Crippen LogP contribution >= 0.6 is 0 Å². The first-order valence-corrected chi connectivity index (χ1v) is 19.6. The van der Waals surface area contributed by atoms with Gasteiger partial charge in [0.15, 0.2) is 0 Å². The van der Waals surface area contributed by atoms with E-state index in [0.717, 1.165) is 46.7 Å². The Morgan fingerprint density at radius 3 is 1.25 bits per heavy atom. The molecule has 0 N–H and O–H groups in total. The molecule has 0 aliphatic carbocycles. The van der Waals surface area contributed by atoms with Crippen LogP contribution in [0.25, 0.3) is 5.69 Å². The first-order valence-electron chi connectivity index (χ1n) is 19.6. The van der Waals surface area contributed by atoms with Crippen LogP contribution in [0.4, 0.5) is 11.4 Å². The van der Waals surface area contributed by atoms with Gasteiger partial charge in [0.1, 0.15) is 0 Å². The lowest BCUT2D eigenvalue weighted by Gasteiger charge is -2.38. The van der Waals surface area contributed by atoms with Gasteiger partial charge in [0.2, 0.25) is 0 Å². The predicted molar refractivity (Wildman–Crippen MR) is 233 cm³/mol. The highest BCUT2D eigenvalue weighted by Crippen LogP contribution is 2.48. The van der Waals surface area contributed by atoms with Crippen LogP contribution in [0, 0.1) is 10.1 Å². The number of hydrogen-bond donors (Lipinski definition) is 0. The van der Waals surface area contributed by atoms with Gasteiger partial charge in [-0.2, -0.15) is 0 Å². The highest BCUT2D eigenvalue weighted by molar-refractivity contribution is 5.64. The minimum Gasteiger partial charge on any atom is -0.372 e. The van der Waals surface area contributed by atoms with Gasteiger partial charge < -0.3 is 9.47 Å². The number of aromatic nitrogens is 1. The van der Waals surface area contributed by atoms with E-state index >= 15 is 0 Å². The van der Waals surface area contributed by atoms with Gasteiger partial charge in [-0.05, 0) is 89.2 Å². The van der Waals surface area contributed by atoms with Gasteiger partial charge in [0.05, 0.1) is 15.8 Å². The summed E-state index contributed by atoms with van der Waals surface area (Å²) >= 11 is 0. The third-order valence-corrected chi connectivity index (χ3v) is 11.5. The second-order valence-electron chi connectivity index (χ2n) is 14.3. The molecule has 1 aromatic heterocycles. The third kappa shape index (κ3) is 6.51. The van der Waals surface area contributed by atoms with E-state index in [1.807, 2.05) is 24.3 Å². The van der Waals surface area contributed by atoms with Crippen LogP contribution in [0.5, 0.6) is 0 Å². The zero-order chi connectivity index (χ0) is 39.2. The summed E-state index contributed by atoms with van der Waals surface area (Å²) in [4.78, 5) is 13.8. The average Bonchev–Trinajstić information content (AvgIpc) is 3.77. The maximum Gasteiger partial charge on any atom is 0.269 e. The van der Waals surface area contributed by atoms with E-state index in [-0.39, 0.29) is 10.6 Å². The van der Waals surface area contributed by atoms with E-state index in [0.29, 0.717) is 0 Å². The minimum absolute atomic E-state index is 0.0581. The van der Waals surface area contributed by atoms with Crippen LogP contribution in [-0.2, 0) is 10.8 Å². The van der Waals surface area contributed by atoms with E-state index < -0.39 is 10.8 Å². The highest BCUT2D eigenvalue weighted by atomic mass is 16.6. The van der Waals surface area contributed by atoms with Crippen LogP contribution < -0.4 is 4.90 Å². The lowest BCUT2D eigenvalue weighted by molar-refractivity contribution is -0.384. The SMILES string of the molecule is CCN(CC)c1ccc(C(c2ccccc2)(c2ccccc2)c2ccc(-n3cccc3C(c3ccccc3)(c3ccccc3)c3ccc([N+](=O)[O-])cc3)cc2)cc1. The van der Waals surface area contributed by atoms with Crippen molar-refractivity contribution < 1.29 is 4.92 Å². The Bertz CT molecular complexity index is 2450. The standard InChI is InChI=1S/C52H45N3O2/c1-3-53(4-2)47-33-27-44(28-34-47)51(40-18-9-5-10-19-40,41-20-11-6-12-21-41)45-29-35-48(36-30-45)54-39-17-26-50(54)52(42-22-13-7-14-23-42,43-24-15-8-16-25-43)46-31-37-49(38-32-46)55(56)57/h5-39H,3-4H2,1-2H3. The van der Waals surface area contributed by atoms with E-state index in [9.17, 15) is 10.1 Å². The molecule has 280 valence electrons. The first-order chi connectivity index (χ1) is 28.0. The van der Waals surface area contributed by atoms with Gasteiger partial charge >= 0.3 is 0 Å². The Labute approximate surface area is 335 Å². The van der Waals surface area contributed by atoms with Crippen LogP contribution in [-0.4, -0.2) is 22.6 Å². The number of non-ortho nitro benzene ring substituents is 1. The lowest BCUT2D eigenvalue weighted by Crippen LogP contribution is -2.33. The Morgan fingerprint density at radius 2 is 0.825 bits per heavy atom. The summed E-state index contributed by atoms with van der Waals surface area (Å²) in [6, 6.07) is 71.9. The molecule has 0 aliphatic rings. The number of nitrogens with zero attached hydrogens (tertiary/aromatic N) is 3. The summed E-state index contributed by atoms with van der Waals surface area (Å²) in [7, 11) is 0. The number of anilines is 1.